The van der Waals surface area contributed by atoms with Crippen LogP contribution in [0.5, 0.6) is 0 Å². The second kappa shape index (κ2) is 6.82. The number of rotatable bonds is 5. The molecule has 0 radical (unpaired) electrons. The molecule has 1 atom stereocenters. The molecule has 126 valence electrons. The van der Waals surface area contributed by atoms with E-state index in [1.165, 1.54) is 12.8 Å². The first-order valence-corrected chi connectivity index (χ1v) is 9.18. The smallest absolute Gasteiger partial charge is 0.203 e. The zero-order valence-corrected chi connectivity index (χ0v) is 14.5. The molecule has 1 aliphatic rings. The average molecular weight is 343 g/mol. The molecule has 4 rings (SSSR count). The minimum atomic E-state index is 0.614. The fourth-order valence-corrected chi connectivity index (χ4v) is 3.90. The van der Waals surface area contributed by atoms with Crippen LogP contribution in [0.2, 0.25) is 0 Å². The maximum absolute atomic E-state index is 4.54. The molecule has 0 bridgehead atoms. The molecular weight excluding hydrogens is 322 g/mol. The van der Waals surface area contributed by atoms with Gasteiger partial charge in [-0.2, -0.15) is 0 Å². The molecule has 7 nitrogen and oxygen atoms in total. The second-order valence-corrected chi connectivity index (χ2v) is 7.32. The Bertz CT molecular complexity index is 811. The summed E-state index contributed by atoms with van der Waals surface area (Å²) in [4.78, 5) is 11.4. The monoisotopic (exact) mass is 343 g/mol. The summed E-state index contributed by atoms with van der Waals surface area (Å²) in [5.41, 5.74) is 1.98. The summed E-state index contributed by atoms with van der Waals surface area (Å²) in [6, 6.07) is 0. The van der Waals surface area contributed by atoms with Crippen molar-refractivity contribution in [1.29, 1.82) is 0 Å². The Morgan fingerprint density at radius 3 is 3.25 bits per heavy atom. The lowest BCUT2D eigenvalue weighted by atomic mass is 9.98. The Hall–Kier alpha value is -2.06. The van der Waals surface area contributed by atoms with Gasteiger partial charge in [-0.3, -0.25) is 4.40 Å². The number of thiazole rings is 1. The van der Waals surface area contributed by atoms with E-state index in [4.69, 9.17) is 0 Å². The van der Waals surface area contributed by atoms with Gasteiger partial charge in [0, 0.05) is 44.0 Å². The third-order valence-corrected chi connectivity index (χ3v) is 5.24. The molecule has 0 spiro atoms. The Morgan fingerprint density at radius 2 is 2.38 bits per heavy atom. The number of fused-ring (bicyclic) bond motifs is 1. The first-order valence-electron chi connectivity index (χ1n) is 8.30. The molecule has 3 aromatic heterocycles. The number of aryl methyl sites for hydroxylation is 1. The summed E-state index contributed by atoms with van der Waals surface area (Å²) in [6.07, 6.45) is 7.85. The number of piperidine rings is 1. The first kappa shape index (κ1) is 15.5. The van der Waals surface area contributed by atoms with Gasteiger partial charge in [0.1, 0.15) is 6.33 Å². The molecule has 0 aromatic carbocycles. The van der Waals surface area contributed by atoms with Crippen LogP contribution >= 0.6 is 11.3 Å². The lowest BCUT2D eigenvalue weighted by Crippen LogP contribution is -2.40. The lowest BCUT2D eigenvalue weighted by Gasteiger charge is -2.33. The minimum absolute atomic E-state index is 0.614. The van der Waals surface area contributed by atoms with Crippen molar-refractivity contribution in [2.75, 3.05) is 24.5 Å². The zero-order chi connectivity index (χ0) is 16.4. The predicted molar refractivity (Wildman–Crippen MR) is 94.3 cm³/mol. The highest BCUT2D eigenvalue weighted by Gasteiger charge is 2.23. The number of anilines is 1. The quantitative estimate of drug-likeness (QED) is 0.763. The predicted octanol–water partition coefficient (Wildman–Crippen LogP) is 1.90. The standard InChI is InChI=1S/C16H21N7S/c1-12-20-14(10-24-12)8-17-7-13-3-2-5-22(9-13)15-16-21-19-11-23(16)6-4-18-15/h4,6,10-11,13,17H,2-3,5,7-9H2,1H3. The Kier molecular flexibility index (Phi) is 4.40. The summed E-state index contributed by atoms with van der Waals surface area (Å²) >= 11 is 1.71. The third kappa shape index (κ3) is 3.25. The van der Waals surface area contributed by atoms with Crippen LogP contribution in [0.4, 0.5) is 5.82 Å². The molecule has 4 heterocycles. The Balaban J connectivity index is 1.38. The normalized spacial score (nSPS) is 18.4. The minimum Gasteiger partial charge on any atom is -0.353 e. The van der Waals surface area contributed by atoms with Gasteiger partial charge in [-0.15, -0.1) is 21.5 Å². The number of aromatic nitrogens is 5. The van der Waals surface area contributed by atoms with Gasteiger partial charge in [0.15, 0.2) is 5.82 Å². The fourth-order valence-electron chi connectivity index (χ4n) is 3.29. The van der Waals surface area contributed by atoms with Crippen LogP contribution in [-0.2, 0) is 6.54 Å². The van der Waals surface area contributed by atoms with Crippen LogP contribution in [0, 0.1) is 12.8 Å². The SMILES string of the molecule is Cc1nc(CNCC2CCCN(c3nccn4cnnc34)C2)cs1. The molecule has 0 aliphatic carbocycles. The van der Waals surface area contributed by atoms with Gasteiger partial charge in [-0.25, -0.2) is 9.97 Å². The van der Waals surface area contributed by atoms with Gasteiger partial charge in [-0.05, 0) is 25.7 Å². The molecule has 1 N–H and O–H groups in total. The van der Waals surface area contributed by atoms with Gasteiger partial charge in [0.05, 0.1) is 10.7 Å². The van der Waals surface area contributed by atoms with Crippen molar-refractivity contribution in [3.05, 3.63) is 34.8 Å². The summed E-state index contributed by atoms with van der Waals surface area (Å²) < 4.78 is 1.93. The van der Waals surface area contributed by atoms with E-state index in [9.17, 15) is 0 Å². The molecule has 0 amide bonds. The number of nitrogens with zero attached hydrogens (tertiary/aromatic N) is 6. The molecule has 1 unspecified atom stereocenters. The summed E-state index contributed by atoms with van der Waals surface area (Å²) in [5, 5.41) is 15.0. The number of nitrogens with one attached hydrogen (secondary N) is 1. The molecule has 24 heavy (non-hydrogen) atoms. The van der Waals surface area contributed by atoms with Crippen molar-refractivity contribution >= 4 is 22.8 Å². The average Bonchev–Trinajstić information content (AvgIpc) is 3.23. The lowest BCUT2D eigenvalue weighted by molar-refractivity contribution is 0.389. The summed E-state index contributed by atoms with van der Waals surface area (Å²) in [6.45, 7) is 5.93. The highest BCUT2D eigenvalue weighted by molar-refractivity contribution is 7.09. The summed E-state index contributed by atoms with van der Waals surface area (Å²) in [5.74, 6) is 1.55. The van der Waals surface area contributed by atoms with Gasteiger partial charge < -0.3 is 10.2 Å². The van der Waals surface area contributed by atoms with Crippen molar-refractivity contribution in [2.45, 2.75) is 26.3 Å². The van der Waals surface area contributed by atoms with E-state index in [0.29, 0.717) is 5.92 Å². The van der Waals surface area contributed by atoms with Crippen LogP contribution < -0.4 is 10.2 Å². The zero-order valence-electron chi connectivity index (χ0n) is 13.7. The third-order valence-electron chi connectivity index (χ3n) is 4.42. The highest BCUT2D eigenvalue weighted by atomic mass is 32.1. The van der Waals surface area contributed by atoms with E-state index in [0.717, 1.165) is 48.3 Å². The van der Waals surface area contributed by atoms with E-state index in [1.54, 1.807) is 17.7 Å². The van der Waals surface area contributed by atoms with Crippen LogP contribution in [0.25, 0.3) is 5.65 Å². The Morgan fingerprint density at radius 1 is 1.42 bits per heavy atom. The molecule has 1 saturated heterocycles. The van der Waals surface area contributed by atoms with Crippen molar-refractivity contribution in [3.8, 4) is 0 Å². The molecule has 3 aromatic rings. The molecular formula is C16H21N7S. The van der Waals surface area contributed by atoms with Gasteiger partial charge in [-0.1, -0.05) is 0 Å². The molecule has 1 fully saturated rings. The molecule has 8 heteroatoms. The Labute approximate surface area is 144 Å². The van der Waals surface area contributed by atoms with Crippen molar-refractivity contribution < 1.29 is 0 Å². The van der Waals surface area contributed by atoms with Crippen LogP contribution in [0.1, 0.15) is 23.5 Å². The number of hydrogen-bond acceptors (Lipinski definition) is 7. The van der Waals surface area contributed by atoms with Crippen LogP contribution in [-0.4, -0.2) is 44.2 Å². The van der Waals surface area contributed by atoms with E-state index < -0.39 is 0 Å². The maximum Gasteiger partial charge on any atom is 0.203 e. The molecule has 1 aliphatic heterocycles. The van der Waals surface area contributed by atoms with Crippen molar-refractivity contribution in [3.63, 3.8) is 0 Å². The largest absolute Gasteiger partial charge is 0.353 e. The summed E-state index contributed by atoms with van der Waals surface area (Å²) in [7, 11) is 0. The maximum atomic E-state index is 4.54. The second-order valence-electron chi connectivity index (χ2n) is 6.26. The topological polar surface area (TPSA) is 71.2 Å². The first-order chi connectivity index (χ1) is 11.8. The van der Waals surface area contributed by atoms with Crippen molar-refractivity contribution in [1.82, 2.24) is 29.9 Å². The van der Waals surface area contributed by atoms with E-state index >= 15 is 0 Å². The van der Waals surface area contributed by atoms with E-state index in [1.807, 2.05) is 23.7 Å². The van der Waals surface area contributed by atoms with E-state index in [2.05, 4.69) is 35.8 Å². The van der Waals surface area contributed by atoms with Gasteiger partial charge in [0.25, 0.3) is 0 Å². The van der Waals surface area contributed by atoms with E-state index in [-0.39, 0.29) is 0 Å². The van der Waals surface area contributed by atoms with Crippen LogP contribution in [0.3, 0.4) is 0 Å². The van der Waals surface area contributed by atoms with Gasteiger partial charge >= 0.3 is 0 Å². The highest BCUT2D eigenvalue weighted by Crippen LogP contribution is 2.23. The molecule has 0 saturated carbocycles. The van der Waals surface area contributed by atoms with Crippen molar-refractivity contribution in [2.24, 2.45) is 5.92 Å². The van der Waals surface area contributed by atoms with Gasteiger partial charge in [0.2, 0.25) is 5.65 Å². The van der Waals surface area contributed by atoms with Crippen LogP contribution in [0.15, 0.2) is 24.1 Å². The number of hydrogen-bond donors (Lipinski definition) is 1. The fraction of sp³-hybridized carbons (Fsp3) is 0.500.